The van der Waals surface area contributed by atoms with Gasteiger partial charge in [-0.1, -0.05) is 6.08 Å². The van der Waals surface area contributed by atoms with Gasteiger partial charge < -0.3 is 3.83 Å². The lowest BCUT2D eigenvalue weighted by molar-refractivity contribution is -0.145. The molecule has 10 heavy (non-hydrogen) atoms. The van der Waals surface area contributed by atoms with Crippen LogP contribution >= 0.6 is 16.3 Å². The van der Waals surface area contributed by atoms with Crippen molar-refractivity contribution in [3.63, 3.8) is 0 Å². The van der Waals surface area contributed by atoms with E-state index in [1.54, 1.807) is 6.08 Å². The molecule has 0 unspecified atom stereocenters. The van der Waals surface area contributed by atoms with Crippen molar-refractivity contribution in [1.82, 2.24) is 0 Å². The molecule has 0 bridgehead atoms. The largest absolute Gasteiger partial charge is 0.386 e. The quantitative estimate of drug-likeness (QED) is 0.516. The van der Waals surface area contributed by atoms with E-state index in [1.807, 2.05) is 0 Å². The van der Waals surface area contributed by atoms with Crippen molar-refractivity contribution in [2.45, 2.75) is 12.8 Å². The number of carbonyl (C=O) groups is 2. The number of hydrogen-bond donors (Lipinski definition) is 0. The molecule has 0 aliphatic carbocycles. The van der Waals surface area contributed by atoms with Gasteiger partial charge in [0.2, 0.25) is 5.78 Å². The first-order chi connectivity index (χ1) is 4.72. The Hall–Kier alpha value is -0.640. The summed E-state index contributed by atoms with van der Waals surface area (Å²) in [5.74, 6) is -1.40. The minimum atomic E-state index is -0.859. The van der Waals surface area contributed by atoms with Crippen LogP contribution in [0.25, 0.3) is 0 Å². The van der Waals surface area contributed by atoms with Gasteiger partial charge in [0.05, 0.1) is 0 Å². The van der Waals surface area contributed by atoms with Crippen molar-refractivity contribution >= 4 is 28.0 Å². The summed E-state index contributed by atoms with van der Waals surface area (Å²) in [4.78, 5) is 20.9. The Kier molecular flexibility index (Phi) is 4.84. The van der Waals surface area contributed by atoms with E-state index < -0.39 is 11.8 Å². The molecule has 3 nitrogen and oxygen atoms in total. The fourth-order valence-corrected chi connectivity index (χ4v) is 0.559. The van der Waals surface area contributed by atoms with Crippen LogP contribution in [-0.4, -0.2) is 11.8 Å². The van der Waals surface area contributed by atoms with Crippen molar-refractivity contribution in [2.75, 3.05) is 0 Å². The van der Waals surface area contributed by atoms with E-state index in [0.29, 0.717) is 6.42 Å². The van der Waals surface area contributed by atoms with E-state index in [4.69, 9.17) is 0 Å². The highest BCUT2D eigenvalue weighted by Crippen LogP contribution is 1.95. The normalized spacial score (nSPS) is 8.50. The second-order valence-electron chi connectivity index (χ2n) is 1.62. The van der Waals surface area contributed by atoms with E-state index in [9.17, 15) is 9.59 Å². The summed E-state index contributed by atoms with van der Waals surface area (Å²) in [7, 11) is 0. The molecule has 0 amide bonds. The summed E-state index contributed by atoms with van der Waals surface area (Å²) in [6, 6.07) is 0. The fraction of sp³-hybridized carbons (Fsp3) is 0.333. The summed E-state index contributed by atoms with van der Waals surface area (Å²) < 4.78 is 4.00. The van der Waals surface area contributed by atoms with Gasteiger partial charge in [0.1, 0.15) is 0 Å². The maximum absolute atomic E-state index is 10.6. The van der Waals surface area contributed by atoms with Gasteiger partial charge >= 0.3 is 5.97 Å². The number of hydrogen-bond acceptors (Lipinski definition) is 3. The molecule has 0 spiro atoms. The van der Waals surface area contributed by atoms with Gasteiger partial charge in [-0.05, 0) is 6.42 Å². The lowest BCUT2D eigenvalue weighted by atomic mass is 10.2. The molecular formula is C6H7BrO3. The number of allylic oxidation sites excluding steroid dienone is 1. The molecule has 0 saturated carbocycles. The lowest BCUT2D eigenvalue weighted by Crippen LogP contribution is -2.12. The average Bonchev–Trinajstić information content (AvgIpc) is 1.98. The van der Waals surface area contributed by atoms with Crippen LogP contribution in [0.15, 0.2) is 12.7 Å². The van der Waals surface area contributed by atoms with Crippen LogP contribution in [0.5, 0.6) is 0 Å². The molecule has 0 aliphatic rings. The van der Waals surface area contributed by atoms with E-state index in [-0.39, 0.29) is 6.42 Å². The summed E-state index contributed by atoms with van der Waals surface area (Å²) in [6.07, 6.45) is 2.23. The van der Waals surface area contributed by atoms with Gasteiger partial charge in [-0.25, -0.2) is 4.79 Å². The molecule has 0 fully saturated rings. The van der Waals surface area contributed by atoms with Crippen molar-refractivity contribution in [2.24, 2.45) is 0 Å². The van der Waals surface area contributed by atoms with Crippen molar-refractivity contribution in [1.29, 1.82) is 0 Å². The second kappa shape index (κ2) is 5.17. The molecule has 0 aromatic heterocycles. The second-order valence-corrected chi connectivity index (χ2v) is 1.94. The predicted octanol–water partition coefficient (Wildman–Crippen LogP) is 1.37. The first kappa shape index (κ1) is 9.36. The minimum absolute atomic E-state index is 0.161. The SMILES string of the molecule is C=CCCC(=O)C(=O)OBr. The Morgan fingerprint density at radius 2 is 2.20 bits per heavy atom. The Bertz CT molecular complexity index is 153. The van der Waals surface area contributed by atoms with Crippen molar-refractivity contribution in [3.05, 3.63) is 12.7 Å². The average molecular weight is 207 g/mol. The monoisotopic (exact) mass is 206 g/mol. The summed E-state index contributed by atoms with van der Waals surface area (Å²) >= 11 is 2.41. The Balaban J connectivity index is 3.62. The van der Waals surface area contributed by atoms with Crippen molar-refractivity contribution < 1.29 is 13.4 Å². The molecule has 4 heteroatoms. The van der Waals surface area contributed by atoms with Gasteiger partial charge in [-0.2, -0.15) is 0 Å². The van der Waals surface area contributed by atoms with Gasteiger partial charge in [0, 0.05) is 6.42 Å². The van der Waals surface area contributed by atoms with Crippen LogP contribution in [-0.2, 0) is 13.4 Å². The first-order valence-corrected chi connectivity index (χ1v) is 3.33. The van der Waals surface area contributed by atoms with Crippen LogP contribution in [0.1, 0.15) is 12.8 Å². The molecule has 0 atom stereocenters. The van der Waals surface area contributed by atoms with Crippen LogP contribution in [0.2, 0.25) is 0 Å². The molecule has 0 aromatic carbocycles. The Labute approximate surface area is 67.5 Å². The maximum atomic E-state index is 10.6. The molecule has 0 saturated heterocycles. The third-order valence-corrected chi connectivity index (χ3v) is 1.17. The van der Waals surface area contributed by atoms with Crippen LogP contribution in [0, 0.1) is 0 Å². The van der Waals surface area contributed by atoms with E-state index in [1.165, 1.54) is 0 Å². The third-order valence-electron chi connectivity index (χ3n) is 0.873. The zero-order valence-corrected chi connectivity index (χ0v) is 6.89. The van der Waals surface area contributed by atoms with Gasteiger partial charge in [0.25, 0.3) is 0 Å². The molecule has 0 N–H and O–H groups in total. The highest BCUT2D eigenvalue weighted by molar-refractivity contribution is 9.06. The van der Waals surface area contributed by atoms with Gasteiger partial charge in [-0.3, -0.25) is 4.79 Å². The smallest absolute Gasteiger partial charge is 0.378 e. The van der Waals surface area contributed by atoms with E-state index in [0.717, 1.165) is 0 Å². The number of rotatable bonds is 4. The van der Waals surface area contributed by atoms with Crippen LogP contribution < -0.4 is 0 Å². The summed E-state index contributed by atoms with van der Waals surface area (Å²) in [5.41, 5.74) is 0. The Morgan fingerprint density at radius 3 is 2.60 bits per heavy atom. The highest BCUT2D eigenvalue weighted by atomic mass is 79.9. The number of halogens is 1. The molecule has 0 heterocycles. The zero-order chi connectivity index (χ0) is 7.98. The number of carbonyl (C=O) groups excluding carboxylic acids is 2. The topological polar surface area (TPSA) is 43.4 Å². The maximum Gasteiger partial charge on any atom is 0.386 e. The first-order valence-electron chi connectivity index (χ1n) is 2.69. The zero-order valence-electron chi connectivity index (χ0n) is 5.30. The molecule has 56 valence electrons. The number of ketones is 1. The molecular weight excluding hydrogens is 200 g/mol. The van der Waals surface area contributed by atoms with Crippen LogP contribution in [0.3, 0.4) is 0 Å². The summed E-state index contributed by atoms with van der Waals surface area (Å²) in [6.45, 7) is 3.40. The fourth-order valence-electron chi connectivity index (χ4n) is 0.378. The minimum Gasteiger partial charge on any atom is -0.378 e. The Morgan fingerprint density at radius 1 is 1.60 bits per heavy atom. The highest BCUT2D eigenvalue weighted by Gasteiger charge is 2.12. The lowest BCUT2D eigenvalue weighted by Gasteiger charge is -1.91. The molecule has 0 aliphatic heterocycles. The van der Waals surface area contributed by atoms with Crippen molar-refractivity contribution in [3.8, 4) is 0 Å². The van der Waals surface area contributed by atoms with Gasteiger partial charge in [-0.15, -0.1) is 6.58 Å². The molecule has 0 aromatic rings. The van der Waals surface area contributed by atoms with Gasteiger partial charge in [0.15, 0.2) is 16.3 Å². The van der Waals surface area contributed by atoms with Crippen LogP contribution in [0.4, 0.5) is 0 Å². The predicted molar refractivity (Wildman–Crippen MR) is 39.5 cm³/mol. The standard InChI is InChI=1S/C6H7BrO3/c1-2-3-4-5(8)6(9)10-7/h2H,1,3-4H2. The molecule has 0 radical (unpaired) electrons. The summed E-state index contributed by atoms with van der Waals surface area (Å²) in [5, 5.41) is 0. The number of Topliss-reactive ketones (excluding diaryl/α,β-unsaturated/α-hetero) is 1. The van der Waals surface area contributed by atoms with E-state index >= 15 is 0 Å². The van der Waals surface area contributed by atoms with E-state index in [2.05, 4.69) is 26.7 Å². The molecule has 0 rings (SSSR count). The third kappa shape index (κ3) is 3.40.